The smallest absolute Gasteiger partial charge is 0.215 e. The lowest BCUT2D eigenvalue weighted by molar-refractivity contribution is 0.290. The van der Waals surface area contributed by atoms with Crippen LogP contribution in [0.3, 0.4) is 0 Å². The molecule has 0 aromatic carbocycles. The Balaban J connectivity index is 1.93. The van der Waals surface area contributed by atoms with Crippen molar-refractivity contribution in [3.63, 3.8) is 0 Å². The average molecular weight is 280 g/mol. The maximum Gasteiger partial charge on any atom is 0.215 e. The van der Waals surface area contributed by atoms with Crippen molar-refractivity contribution in [2.24, 2.45) is 5.73 Å². The third-order valence-electron chi connectivity index (χ3n) is 3.08. The zero-order valence-electron chi connectivity index (χ0n) is 11.2. The second-order valence-corrected chi connectivity index (χ2v) is 5.02. The van der Waals surface area contributed by atoms with Crippen molar-refractivity contribution in [1.82, 2.24) is 9.88 Å². The highest BCUT2D eigenvalue weighted by Gasteiger charge is 2.18. The van der Waals surface area contributed by atoms with Gasteiger partial charge >= 0.3 is 0 Å². The molecule has 1 aromatic rings. The van der Waals surface area contributed by atoms with Crippen LogP contribution in [0.5, 0.6) is 5.88 Å². The van der Waals surface area contributed by atoms with E-state index in [0.717, 1.165) is 32.0 Å². The first-order valence-corrected chi connectivity index (χ1v) is 6.95. The molecule has 1 fully saturated rings. The van der Waals surface area contributed by atoms with Crippen molar-refractivity contribution in [2.45, 2.75) is 6.92 Å². The van der Waals surface area contributed by atoms with Gasteiger partial charge in [-0.3, -0.25) is 4.90 Å². The van der Waals surface area contributed by atoms with Gasteiger partial charge in [-0.2, -0.15) is 4.98 Å². The first kappa shape index (κ1) is 14.0. The number of nitrogens with two attached hydrogens (primary N) is 1. The van der Waals surface area contributed by atoms with Crippen LogP contribution in [0.2, 0.25) is 0 Å². The van der Waals surface area contributed by atoms with E-state index in [-0.39, 0.29) is 0 Å². The second kappa shape index (κ2) is 6.68. The van der Waals surface area contributed by atoms with Crippen LogP contribution in [-0.4, -0.2) is 54.2 Å². The largest absolute Gasteiger partial charge is 0.478 e. The van der Waals surface area contributed by atoms with Gasteiger partial charge in [-0.15, -0.1) is 0 Å². The van der Waals surface area contributed by atoms with Gasteiger partial charge in [0.25, 0.3) is 0 Å². The Labute approximate surface area is 119 Å². The summed E-state index contributed by atoms with van der Waals surface area (Å²) in [5, 5.41) is 0. The van der Waals surface area contributed by atoms with Crippen LogP contribution in [-0.2, 0) is 0 Å². The first-order valence-electron chi connectivity index (χ1n) is 6.54. The Kier molecular flexibility index (Phi) is 4.93. The van der Waals surface area contributed by atoms with Crippen LogP contribution in [0.25, 0.3) is 0 Å². The zero-order chi connectivity index (χ0) is 13.7. The minimum atomic E-state index is 0.560. The van der Waals surface area contributed by atoms with E-state index in [9.17, 15) is 0 Å². The van der Waals surface area contributed by atoms with E-state index in [1.807, 2.05) is 25.1 Å². The lowest BCUT2D eigenvalue weighted by Gasteiger charge is -2.35. The van der Waals surface area contributed by atoms with Gasteiger partial charge in [0.2, 0.25) is 5.88 Å². The molecule has 2 rings (SSSR count). The minimum Gasteiger partial charge on any atom is -0.478 e. The fourth-order valence-corrected chi connectivity index (χ4v) is 2.35. The number of anilines is 1. The van der Waals surface area contributed by atoms with E-state index in [1.54, 1.807) is 0 Å². The zero-order valence-corrected chi connectivity index (χ0v) is 12.0. The van der Waals surface area contributed by atoms with E-state index in [0.29, 0.717) is 24.0 Å². The topological polar surface area (TPSA) is 54.6 Å². The quantitative estimate of drug-likeness (QED) is 0.808. The molecule has 0 amide bonds. The number of hydrogen-bond acceptors (Lipinski definition) is 5. The van der Waals surface area contributed by atoms with Crippen molar-refractivity contribution in [1.29, 1.82) is 0 Å². The molecule has 104 valence electrons. The molecule has 0 spiro atoms. The molecule has 1 saturated heterocycles. The molecule has 1 aromatic heterocycles. The van der Waals surface area contributed by atoms with Gasteiger partial charge in [0.15, 0.2) is 0 Å². The summed E-state index contributed by atoms with van der Waals surface area (Å²) in [6.07, 6.45) is 0. The van der Waals surface area contributed by atoms with Gasteiger partial charge in [-0.1, -0.05) is 18.3 Å². The van der Waals surface area contributed by atoms with E-state index >= 15 is 0 Å². The molecule has 0 unspecified atom stereocenters. The normalized spacial score (nSPS) is 16.4. The summed E-state index contributed by atoms with van der Waals surface area (Å²) in [6.45, 7) is 7.09. The van der Waals surface area contributed by atoms with Crippen molar-refractivity contribution in [2.75, 3.05) is 44.2 Å². The fraction of sp³-hybridized carbons (Fsp3) is 0.538. The lowest BCUT2D eigenvalue weighted by atomic mass is 10.3. The van der Waals surface area contributed by atoms with Crippen molar-refractivity contribution in [3.05, 3.63) is 18.2 Å². The highest BCUT2D eigenvalue weighted by molar-refractivity contribution is 7.80. The summed E-state index contributed by atoms with van der Waals surface area (Å²) < 4.78 is 5.43. The Morgan fingerprint density at radius 1 is 1.37 bits per heavy atom. The number of hydrogen-bond donors (Lipinski definition) is 1. The number of piperazine rings is 1. The van der Waals surface area contributed by atoms with Crippen LogP contribution < -0.4 is 15.4 Å². The summed E-state index contributed by atoms with van der Waals surface area (Å²) >= 11 is 4.94. The number of thiocarbonyl (C=S) groups is 1. The lowest BCUT2D eigenvalue weighted by Crippen LogP contribution is -2.48. The summed E-state index contributed by atoms with van der Waals surface area (Å²) in [4.78, 5) is 9.60. The van der Waals surface area contributed by atoms with E-state index in [1.165, 1.54) is 0 Å². The molecule has 2 heterocycles. The number of ether oxygens (including phenoxy) is 1. The Morgan fingerprint density at radius 3 is 2.74 bits per heavy atom. The van der Waals surface area contributed by atoms with Gasteiger partial charge in [0, 0.05) is 38.8 Å². The van der Waals surface area contributed by atoms with Crippen LogP contribution in [0, 0.1) is 0 Å². The molecule has 5 nitrogen and oxygen atoms in total. The van der Waals surface area contributed by atoms with Crippen molar-refractivity contribution < 1.29 is 4.74 Å². The van der Waals surface area contributed by atoms with Gasteiger partial charge in [0.1, 0.15) is 5.82 Å². The predicted molar refractivity (Wildman–Crippen MR) is 80.8 cm³/mol. The Morgan fingerprint density at radius 2 is 2.11 bits per heavy atom. The summed E-state index contributed by atoms with van der Waals surface area (Å²) in [5.74, 6) is 1.66. The maximum absolute atomic E-state index is 5.57. The van der Waals surface area contributed by atoms with E-state index < -0.39 is 0 Å². The molecule has 0 saturated carbocycles. The van der Waals surface area contributed by atoms with E-state index in [4.69, 9.17) is 22.7 Å². The van der Waals surface area contributed by atoms with Crippen molar-refractivity contribution in [3.8, 4) is 5.88 Å². The molecular weight excluding hydrogens is 260 g/mol. The highest BCUT2D eigenvalue weighted by Crippen LogP contribution is 2.17. The van der Waals surface area contributed by atoms with Gasteiger partial charge in [-0.05, 0) is 13.0 Å². The Hall–Kier alpha value is -1.40. The molecule has 0 radical (unpaired) electrons. The second-order valence-electron chi connectivity index (χ2n) is 4.50. The van der Waals surface area contributed by atoms with Gasteiger partial charge < -0.3 is 15.4 Å². The minimum absolute atomic E-state index is 0.560. The van der Waals surface area contributed by atoms with Crippen LogP contribution in [0.15, 0.2) is 18.2 Å². The van der Waals surface area contributed by atoms with Crippen LogP contribution >= 0.6 is 12.2 Å². The van der Waals surface area contributed by atoms with Gasteiger partial charge in [0.05, 0.1) is 11.6 Å². The maximum atomic E-state index is 5.57. The molecule has 0 atom stereocenters. The standard InChI is InChI=1S/C13H20N4OS/c1-2-18-13-5-3-4-12(15-13)17-8-6-16(7-9-17)10-11(14)19/h3-5H,2,6-10H2,1H3,(H2,14,19). The molecular formula is C13H20N4OS. The highest BCUT2D eigenvalue weighted by atomic mass is 32.1. The fourth-order valence-electron chi connectivity index (χ4n) is 2.16. The first-order chi connectivity index (χ1) is 9.19. The van der Waals surface area contributed by atoms with Gasteiger partial charge in [-0.25, -0.2) is 0 Å². The number of rotatable bonds is 5. The molecule has 6 heteroatoms. The molecule has 0 bridgehead atoms. The molecule has 19 heavy (non-hydrogen) atoms. The number of nitrogens with zero attached hydrogens (tertiary/aromatic N) is 3. The SMILES string of the molecule is CCOc1cccc(N2CCN(CC(N)=S)CC2)n1. The number of pyridine rings is 1. The average Bonchev–Trinajstić information content (AvgIpc) is 2.40. The molecule has 0 aliphatic carbocycles. The van der Waals surface area contributed by atoms with Crippen LogP contribution in [0.4, 0.5) is 5.82 Å². The third kappa shape index (κ3) is 4.04. The predicted octanol–water partition coefficient (Wildman–Crippen LogP) is 0.888. The summed E-state index contributed by atoms with van der Waals surface area (Å²) in [7, 11) is 0. The molecule has 2 N–H and O–H groups in total. The number of aromatic nitrogens is 1. The van der Waals surface area contributed by atoms with E-state index in [2.05, 4.69) is 14.8 Å². The molecule has 1 aliphatic rings. The summed E-state index contributed by atoms with van der Waals surface area (Å²) in [6, 6.07) is 5.89. The molecule has 1 aliphatic heterocycles. The third-order valence-corrected chi connectivity index (χ3v) is 3.21. The van der Waals surface area contributed by atoms with Crippen molar-refractivity contribution >= 4 is 23.0 Å². The summed E-state index contributed by atoms with van der Waals surface area (Å²) in [5.41, 5.74) is 5.57. The Bertz CT molecular complexity index is 432. The monoisotopic (exact) mass is 280 g/mol. The van der Waals surface area contributed by atoms with Crippen LogP contribution in [0.1, 0.15) is 6.92 Å².